The zero-order valence-corrected chi connectivity index (χ0v) is 10.2. The minimum atomic E-state index is 0.502. The molecule has 0 aromatic carbocycles. The van der Waals surface area contributed by atoms with E-state index in [1.807, 2.05) is 0 Å². The van der Waals surface area contributed by atoms with Gasteiger partial charge in [0.25, 0.3) is 0 Å². The molecular weight excluding hydrogens is 202 g/mol. The molecule has 0 aliphatic carbocycles. The van der Waals surface area contributed by atoms with E-state index in [4.69, 9.17) is 4.74 Å². The van der Waals surface area contributed by atoms with Crippen LogP contribution in [0, 0.1) is 0 Å². The van der Waals surface area contributed by atoms with Crippen molar-refractivity contribution in [3.63, 3.8) is 0 Å². The lowest BCUT2D eigenvalue weighted by Gasteiger charge is -2.24. The summed E-state index contributed by atoms with van der Waals surface area (Å²) in [7, 11) is 1.73. The number of aromatic nitrogens is 2. The van der Waals surface area contributed by atoms with Gasteiger partial charge in [-0.2, -0.15) is 5.10 Å². The molecule has 0 unspecified atom stereocenters. The second-order valence-electron chi connectivity index (χ2n) is 4.35. The van der Waals surface area contributed by atoms with Crippen LogP contribution >= 0.6 is 0 Å². The number of ether oxygens (including phenoxy) is 1. The van der Waals surface area contributed by atoms with Crippen molar-refractivity contribution in [2.45, 2.75) is 38.6 Å². The molecule has 16 heavy (non-hydrogen) atoms. The normalized spacial score (nSPS) is 17.6. The standard InChI is InChI=1S/C12H21N3O/c1-3-4-10-9-12(16-2)15(14-10)11-5-7-13-8-6-11/h9,11,13H,3-8H2,1-2H3. The Kier molecular flexibility index (Phi) is 3.83. The van der Waals surface area contributed by atoms with Gasteiger partial charge in [-0.05, 0) is 32.4 Å². The summed E-state index contributed by atoms with van der Waals surface area (Å²) in [4.78, 5) is 0. The molecule has 0 amide bonds. The van der Waals surface area contributed by atoms with Crippen LogP contribution in [-0.4, -0.2) is 30.0 Å². The summed E-state index contributed by atoms with van der Waals surface area (Å²) < 4.78 is 7.48. The van der Waals surface area contributed by atoms with Crippen molar-refractivity contribution < 1.29 is 4.74 Å². The molecule has 1 N–H and O–H groups in total. The summed E-state index contributed by atoms with van der Waals surface area (Å²) in [6.07, 6.45) is 4.45. The quantitative estimate of drug-likeness (QED) is 0.845. The molecule has 0 atom stereocenters. The summed E-state index contributed by atoms with van der Waals surface area (Å²) in [6.45, 7) is 4.34. The molecule has 1 aromatic heterocycles. The van der Waals surface area contributed by atoms with Crippen molar-refractivity contribution in [3.8, 4) is 5.88 Å². The predicted octanol–water partition coefficient (Wildman–Crippen LogP) is 1.77. The number of methoxy groups -OCH3 is 1. The van der Waals surface area contributed by atoms with Crippen LogP contribution in [0.5, 0.6) is 5.88 Å². The zero-order valence-electron chi connectivity index (χ0n) is 10.2. The first-order valence-corrected chi connectivity index (χ1v) is 6.18. The van der Waals surface area contributed by atoms with Gasteiger partial charge in [-0.15, -0.1) is 0 Å². The molecular formula is C12H21N3O. The minimum absolute atomic E-state index is 0.502. The summed E-state index contributed by atoms with van der Waals surface area (Å²) in [6, 6.07) is 2.58. The van der Waals surface area contributed by atoms with Crippen molar-refractivity contribution >= 4 is 0 Å². The van der Waals surface area contributed by atoms with Gasteiger partial charge in [0.2, 0.25) is 5.88 Å². The fraction of sp³-hybridized carbons (Fsp3) is 0.750. The van der Waals surface area contributed by atoms with E-state index in [9.17, 15) is 0 Å². The number of hydrogen-bond acceptors (Lipinski definition) is 3. The molecule has 0 bridgehead atoms. The SMILES string of the molecule is CCCc1cc(OC)n(C2CCNCC2)n1. The molecule has 4 nitrogen and oxygen atoms in total. The van der Waals surface area contributed by atoms with Crippen molar-refractivity contribution in [2.75, 3.05) is 20.2 Å². The van der Waals surface area contributed by atoms with E-state index >= 15 is 0 Å². The Morgan fingerprint density at radius 1 is 1.50 bits per heavy atom. The van der Waals surface area contributed by atoms with Crippen LogP contribution in [0.3, 0.4) is 0 Å². The van der Waals surface area contributed by atoms with Crippen LogP contribution in [0.4, 0.5) is 0 Å². The predicted molar refractivity (Wildman–Crippen MR) is 63.9 cm³/mol. The molecule has 0 radical (unpaired) electrons. The number of nitrogens with zero attached hydrogens (tertiary/aromatic N) is 2. The molecule has 0 spiro atoms. The van der Waals surface area contributed by atoms with Crippen LogP contribution in [0.2, 0.25) is 0 Å². The first kappa shape index (κ1) is 11.5. The highest BCUT2D eigenvalue weighted by Crippen LogP contribution is 2.25. The number of rotatable bonds is 4. The van der Waals surface area contributed by atoms with Crippen LogP contribution in [0.25, 0.3) is 0 Å². The van der Waals surface area contributed by atoms with E-state index in [-0.39, 0.29) is 0 Å². The lowest BCUT2D eigenvalue weighted by Crippen LogP contribution is -2.30. The topological polar surface area (TPSA) is 39.1 Å². The molecule has 1 aromatic rings. The fourth-order valence-corrected chi connectivity index (χ4v) is 2.27. The van der Waals surface area contributed by atoms with Gasteiger partial charge in [-0.3, -0.25) is 0 Å². The summed E-state index contributed by atoms with van der Waals surface area (Å²) in [5, 5.41) is 8.03. The Morgan fingerprint density at radius 3 is 2.88 bits per heavy atom. The third-order valence-corrected chi connectivity index (χ3v) is 3.12. The van der Waals surface area contributed by atoms with Gasteiger partial charge in [0.05, 0.1) is 18.8 Å². The van der Waals surface area contributed by atoms with E-state index in [1.54, 1.807) is 7.11 Å². The molecule has 1 aliphatic heterocycles. The Morgan fingerprint density at radius 2 is 2.25 bits per heavy atom. The summed E-state index contributed by atoms with van der Waals surface area (Å²) >= 11 is 0. The molecule has 1 saturated heterocycles. The van der Waals surface area contributed by atoms with Crippen molar-refractivity contribution in [2.24, 2.45) is 0 Å². The maximum Gasteiger partial charge on any atom is 0.211 e. The highest BCUT2D eigenvalue weighted by Gasteiger charge is 2.19. The first-order valence-electron chi connectivity index (χ1n) is 6.18. The molecule has 1 fully saturated rings. The number of hydrogen-bond donors (Lipinski definition) is 1. The zero-order chi connectivity index (χ0) is 11.4. The Labute approximate surface area is 97.0 Å². The Balaban J connectivity index is 2.16. The van der Waals surface area contributed by atoms with Crippen LogP contribution in [-0.2, 0) is 6.42 Å². The minimum Gasteiger partial charge on any atom is -0.481 e. The molecule has 2 rings (SSSR count). The van der Waals surface area contributed by atoms with Crippen molar-refractivity contribution in [1.29, 1.82) is 0 Å². The fourth-order valence-electron chi connectivity index (χ4n) is 2.27. The van der Waals surface area contributed by atoms with Crippen LogP contribution < -0.4 is 10.1 Å². The molecule has 0 saturated carbocycles. The van der Waals surface area contributed by atoms with Gasteiger partial charge >= 0.3 is 0 Å². The van der Waals surface area contributed by atoms with E-state index in [0.29, 0.717) is 6.04 Å². The molecule has 4 heteroatoms. The third kappa shape index (κ3) is 2.38. The Bertz CT molecular complexity index is 329. The molecule has 1 aliphatic rings. The second-order valence-corrected chi connectivity index (χ2v) is 4.35. The third-order valence-electron chi connectivity index (χ3n) is 3.12. The van der Waals surface area contributed by atoms with E-state index in [0.717, 1.165) is 50.3 Å². The van der Waals surface area contributed by atoms with Gasteiger partial charge in [-0.25, -0.2) is 4.68 Å². The van der Waals surface area contributed by atoms with Crippen LogP contribution in [0.1, 0.15) is 37.9 Å². The average Bonchev–Trinajstić information content (AvgIpc) is 2.74. The van der Waals surface area contributed by atoms with Crippen molar-refractivity contribution in [3.05, 3.63) is 11.8 Å². The van der Waals surface area contributed by atoms with Gasteiger partial charge in [-0.1, -0.05) is 13.3 Å². The first-order chi connectivity index (χ1) is 7.85. The smallest absolute Gasteiger partial charge is 0.211 e. The largest absolute Gasteiger partial charge is 0.481 e. The highest BCUT2D eigenvalue weighted by atomic mass is 16.5. The molecule has 2 heterocycles. The lowest BCUT2D eigenvalue weighted by molar-refractivity contribution is 0.288. The van der Waals surface area contributed by atoms with Crippen LogP contribution in [0.15, 0.2) is 6.07 Å². The maximum atomic E-state index is 5.41. The van der Waals surface area contributed by atoms with Crippen molar-refractivity contribution in [1.82, 2.24) is 15.1 Å². The van der Waals surface area contributed by atoms with E-state index in [2.05, 4.69) is 28.1 Å². The van der Waals surface area contributed by atoms with Gasteiger partial charge in [0, 0.05) is 6.07 Å². The average molecular weight is 223 g/mol. The second kappa shape index (κ2) is 5.34. The number of nitrogens with one attached hydrogen (secondary N) is 1. The summed E-state index contributed by atoms with van der Waals surface area (Å²) in [5.41, 5.74) is 1.15. The van der Waals surface area contributed by atoms with E-state index in [1.165, 1.54) is 0 Å². The summed E-state index contributed by atoms with van der Waals surface area (Å²) in [5.74, 6) is 0.912. The molecule has 90 valence electrons. The van der Waals surface area contributed by atoms with E-state index < -0.39 is 0 Å². The monoisotopic (exact) mass is 223 g/mol. The van der Waals surface area contributed by atoms with Gasteiger partial charge < -0.3 is 10.1 Å². The Hall–Kier alpha value is -1.03. The highest BCUT2D eigenvalue weighted by molar-refractivity contribution is 5.17. The van der Waals surface area contributed by atoms with Gasteiger partial charge in [0.15, 0.2) is 0 Å². The number of aryl methyl sites for hydroxylation is 1. The van der Waals surface area contributed by atoms with Gasteiger partial charge in [0.1, 0.15) is 0 Å². The maximum absolute atomic E-state index is 5.41. The number of piperidine rings is 1. The lowest BCUT2D eigenvalue weighted by atomic mass is 10.1.